The van der Waals surface area contributed by atoms with Crippen molar-refractivity contribution in [2.45, 2.75) is 13.5 Å². The minimum atomic E-state index is -0.388. The molecule has 0 radical (unpaired) electrons. The first-order valence-corrected chi connectivity index (χ1v) is 7.49. The topological polar surface area (TPSA) is 61.6 Å². The number of benzene rings is 2. The molecule has 0 unspecified atom stereocenters. The SMILES string of the molecule is COc1cccc(-c2cc(COC(=O)c3ccc(C)cc3)no2)c1. The Morgan fingerprint density at radius 3 is 2.67 bits per heavy atom. The van der Waals surface area contributed by atoms with Gasteiger partial charge in [-0.3, -0.25) is 0 Å². The second-order valence-corrected chi connectivity index (χ2v) is 5.36. The first kappa shape index (κ1) is 15.8. The molecular weight excluding hydrogens is 306 g/mol. The van der Waals surface area contributed by atoms with Gasteiger partial charge in [0.15, 0.2) is 5.76 Å². The fourth-order valence-electron chi connectivity index (χ4n) is 2.20. The summed E-state index contributed by atoms with van der Waals surface area (Å²) in [6.07, 6.45) is 0. The van der Waals surface area contributed by atoms with Crippen molar-refractivity contribution in [2.24, 2.45) is 0 Å². The molecule has 0 aliphatic heterocycles. The highest BCUT2D eigenvalue weighted by Gasteiger charge is 2.11. The maximum atomic E-state index is 12.0. The van der Waals surface area contributed by atoms with Crippen LogP contribution < -0.4 is 4.74 Å². The van der Waals surface area contributed by atoms with Crippen molar-refractivity contribution in [1.29, 1.82) is 0 Å². The molecule has 0 amide bonds. The van der Waals surface area contributed by atoms with Crippen LogP contribution in [-0.4, -0.2) is 18.2 Å². The zero-order valence-electron chi connectivity index (χ0n) is 13.5. The lowest BCUT2D eigenvalue weighted by atomic mass is 10.1. The van der Waals surface area contributed by atoms with E-state index in [-0.39, 0.29) is 12.6 Å². The molecular formula is C19H17NO4. The Morgan fingerprint density at radius 1 is 1.12 bits per heavy atom. The minimum absolute atomic E-state index is 0.0557. The molecule has 0 fully saturated rings. The highest BCUT2D eigenvalue weighted by molar-refractivity contribution is 5.89. The number of nitrogens with zero attached hydrogens (tertiary/aromatic N) is 1. The van der Waals surface area contributed by atoms with E-state index in [2.05, 4.69) is 5.16 Å². The number of carbonyl (C=O) groups excluding carboxylic acids is 1. The molecule has 0 spiro atoms. The molecule has 0 aliphatic carbocycles. The van der Waals surface area contributed by atoms with Crippen LogP contribution in [0.1, 0.15) is 21.6 Å². The van der Waals surface area contributed by atoms with E-state index >= 15 is 0 Å². The maximum Gasteiger partial charge on any atom is 0.338 e. The van der Waals surface area contributed by atoms with Crippen LogP contribution in [0.25, 0.3) is 11.3 Å². The van der Waals surface area contributed by atoms with Crippen molar-refractivity contribution in [3.05, 3.63) is 71.4 Å². The molecule has 1 heterocycles. The smallest absolute Gasteiger partial charge is 0.338 e. The van der Waals surface area contributed by atoms with Crippen molar-refractivity contribution in [1.82, 2.24) is 5.16 Å². The van der Waals surface area contributed by atoms with Gasteiger partial charge in [-0.1, -0.05) is 35.0 Å². The van der Waals surface area contributed by atoms with Crippen molar-refractivity contribution < 1.29 is 18.8 Å². The second kappa shape index (κ2) is 7.00. The van der Waals surface area contributed by atoms with Crippen molar-refractivity contribution in [3.8, 4) is 17.1 Å². The number of ether oxygens (including phenoxy) is 2. The molecule has 0 bridgehead atoms. The lowest BCUT2D eigenvalue weighted by Crippen LogP contribution is -2.05. The molecule has 122 valence electrons. The average Bonchev–Trinajstić information content (AvgIpc) is 3.09. The zero-order chi connectivity index (χ0) is 16.9. The number of carbonyl (C=O) groups is 1. The number of hydrogen-bond donors (Lipinski definition) is 0. The molecule has 3 rings (SSSR count). The van der Waals surface area contributed by atoms with Crippen LogP contribution in [0.3, 0.4) is 0 Å². The van der Waals surface area contributed by atoms with Crippen molar-refractivity contribution in [2.75, 3.05) is 7.11 Å². The van der Waals surface area contributed by atoms with Crippen LogP contribution in [-0.2, 0) is 11.3 Å². The van der Waals surface area contributed by atoms with E-state index in [0.29, 0.717) is 17.0 Å². The van der Waals surface area contributed by atoms with Gasteiger partial charge in [0.1, 0.15) is 18.1 Å². The van der Waals surface area contributed by atoms with Crippen LogP contribution in [0.2, 0.25) is 0 Å². The summed E-state index contributed by atoms with van der Waals surface area (Å²) >= 11 is 0. The number of aromatic nitrogens is 1. The van der Waals surface area contributed by atoms with Gasteiger partial charge < -0.3 is 14.0 Å². The number of hydrogen-bond acceptors (Lipinski definition) is 5. The summed E-state index contributed by atoms with van der Waals surface area (Å²) in [7, 11) is 1.61. The monoisotopic (exact) mass is 323 g/mol. The fourth-order valence-corrected chi connectivity index (χ4v) is 2.20. The number of esters is 1. The van der Waals surface area contributed by atoms with Gasteiger partial charge in [-0.25, -0.2) is 4.79 Å². The van der Waals surface area contributed by atoms with Crippen LogP contribution >= 0.6 is 0 Å². The van der Waals surface area contributed by atoms with Gasteiger partial charge in [-0.2, -0.15) is 0 Å². The third-order valence-corrected chi connectivity index (χ3v) is 3.55. The summed E-state index contributed by atoms with van der Waals surface area (Å²) in [4.78, 5) is 12.0. The van der Waals surface area contributed by atoms with Crippen LogP contribution in [0.4, 0.5) is 0 Å². The quantitative estimate of drug-likeness (QED) is 0.664. The second-order valence-electron chi connectivity index (χ2n) is 5.36. The first-order valence-electron chi connectivity index (χ1n) is 7.49. The molecule has 0 aliphatic rings. The Hall–Kier alpha value is -3.08. The molecule has 5 heteroatoms. The Morgan fingerprint density at radius 2 is 1.92 bits per heavy atom. The number of methoxy groups -OCH3 is 1. The third kappa shape index (κ3) is 3.63. The average molecular weight is 323 g/mol. The summed E-state index contributed by atoms with van der Waals surface area (Å²) in [5.74, 6) is 0.937. The van der Waals surface area contributed by atoms with Gasteiger partial charge in [-0.05, 0) is 31.2 Å². The third-order valence-electron chi connectivity index (χ3n) is 3.55. The summed E-state index contributed by atoms with van der Waals surface area (Å²) in [5, 5.41) is 3.93. The number of rotatable bonds is 5. The van der Waals surface area contributed by atoms with E-state index in [9.17, 15) is 4.79 Å². The Balaban J connectivity index is 1.65. The van der Waals surface area contributed by atoms with Crippen LogP contribution in [0.15, 0.2) is 59.1 Å². The molecule has 1 aromatic heterocycles. The minimum Gasteiger partial charge on any atom is -0.497 e. The standard InChI is InChI=1S/C19H17NO4/c1-13-6-8-14(9-7-13)19(21)23-12-16-11-18(24-20-16)15-4-3-5-17(10-15)22-2/h3-11H,12H2,1-2H3. The lowest BCUT2D eigenvalue weighted by Gasteiger charge is -2.02. The van der Waals surface area contributed by atoms with E-state index in [4.69, 9.17) is 14.0 Å². The fraction of sp³-hybridized carbons (Fsp3) is 0.158. The largest absolute Gasteiger partial charge is 0.497 e. The molecule has 0 saturated carbocycles. The van der Waals surface area contributed by atoms with Gasteiger partial charge in [0.2, 0.25) is 0 Å². The molecule has 0 saturated heterocycles. The molecule has 2 aromatic carbocycles. The molecule has 0 N–H and O–H groups in total. The summed E-state index contributed by atoms with van der Waals surface area (Å²) in [5.41, 5.74) is 2.99. The summed E-state index contributed by atoms with van der Waals surface area (Å²) in [6, 6.07) is 16.4. The van der Waals surface area contributed by atoms with E-state index in [1.165, 1.54) is 0 Å². The number of aryl methyl sites for hydroxylation is 1. The normalized spacial score (nSPS) is 10.4. The van der Waals surface area contributed by atoms with Gasteiger partial charge in [0.25, 0.3) is 0 Å². The Kier molecular flexibility index (Phi) is 4.61. The van der Waals surface area contributed by atoms with Crippen LogP contribution in [0, 0.1) is 6.92 Å². The predicted molar refractivity (Wildman–Crippen MR) is 88.8 cm³/mol. The Labute approximate surface area is 139 Å². The lowest BCUT2D eigenvalue weighted by molar-refractivity contribution is 0.0464. The van der Waals surface area contributed by atoms with E-state index in [0.717, 1.165) is 16.9 Å². The summed E-state index contributed by atoms with van der Waals surface area (Å²) in [6.45, 7) is 2.02. The van der Waals surface area contributed by atoms with Gasteiger partial charge in [-0.15, -0.1) is 0 Å². The van der Waals surface area contributed by atoms with E-state index in [1.54, 1.807) is 25.3 Å². The maximum absolute atomic E-state index is 12.0. The Bertz CT molecular complexity index is 837. The van der Waals surface area contributed by atoms with Gasteiger partial charge in [0.05, 0.1) is 12.7 Å². The molecule has 3 aromatic rings. The first-order chi connectivity index (χ1) is 11.7. The van der Waals surface area contributed by atoms with Crippen LogP contribution in [0.5, 0.6) is 5.75 Å². The molecule has 24 heavy (non-hydrogen) atoms. The van der Waals surface area contributed by atoms with Crippen molar-refractivity contribution >= 4 is 5.97 Å². The predicted octanol–water partition coefficient (Wildman–Crippen LogP) is 4.02. The van der Waals surface area contributed by atoms with E-state index in [1.807, 2.05) is 43.3 Å². The van der Waals surface area contributed by atoms with Gasteiger partial charge in [0, 0.05) is 11.6 Å². The van der Waals surface area contributed by atoms with Crippen molar-refractivity contribution in [3.63, 3.8) is 0 Å². The molecule has 0 atom stereocenters. The highest BCUT2D eigenvalue weighted by Crippen LogP contribution is 2.24. The van der Waals surface area contributed by atoms with Gasteiger partial charge >= 0.3 is 5.97 Å². The summed E-state index contributed by atoms with van der Waals surface area (Å²) < 4.78 is 15.8. The zero-order valence-corrected chi connectivity index (χ0v) is 13.5. The molecule has 5 nitrogen and oxygen atoms in total. The highest BCUT2D eigenvalue weighted by atomic mass is 16.5. The van der Waals surface area contributed by atoms with E-state index < -0.39 is 0 Å².